The van der Waals surface area contributed by atoms with E-state index in [1.54, 1.807) is 0 Å². The average molecular weight is 470 g/mol. The van der Waals surface area contributed by atoms with Crippen LogP contribution in [0.1, 0.15) is 26.5 Å². The standard InChI is InChI=1S/C23H13F3N2O6/c24-23(25,26)19-17(20(29)28(27-19)15-7-5-14(6-8-15)22(32)33)11-16-9-10-18(34-16)12-1-3-13(4-2-12)21(30)31/h1-11H,(H,30,31)(H,32,33)/b17-11-. The quantitative estimate of drug-likeness (QED) is 0.522. The van der Waals surface area contributed by atoms with E-state index in [1.807, 2.05) is 0 Å². The normalized spacial score (nSPS) is 15.0. The Morgan fingerprint density at radius 2 is 1.44 bits per heavy atom. The van der Waals surface area contributed by atoms with Crippen molar-refractivity contribution in [3.8, 4) is 11.3 Å². The molecule has 0 saturated carbocycles. The number of alkyl halides is 3. The number of nitrogens with zero attached hydrogens (tertiary/aromatic N) is 2. The Hall–Kier alpha value is -4.67. The minimum Gasteiger partial charge on any atom is -0.478 e. The molecule has 0 aliphatic carbocycles. The molecule has 2 heterocycles. The Morgan fingerprint density at radius 1 is 0.882 bits per heavy atom. The van der Waals surface area contributed by atoms with Crippen LogP contribution >= 0.6 is 0 Å². The van der Waals surface area contributed by atoms with E-state index >= 15 is 0 Å². The van der Waals surface area contributed by atoms with Gasteiger partial charge in [0.2, 0.25) is 0 Å². The molecule has 0 radical (unpaired) electrons. The van der Waals surface area contributed by atoms with E-state index in [-0.39, 0.29) is 28.3 Å². The van der Waals surface area contributed by atoms with Gasteiger partial charge >= 0.3 is 18.1 Å². The molecule has 1 amide bonds. The van der Waals surface area contributed by atoms with Gasteiger partial charge in [-0.2, -0.15) is 23.3 Å². The molecule has 3 aromatic rings. The Kier molecular flexibility index (Phi) is 5.53. The summed E-state index contributed by atoms with van der Waals surface area (Å²) in [5.74, 6) is -3.22. The van der Waals surface area contributed by atoms with Crippen molar-refractivity contribution in [1.29, 1.82) is 0 Å². The van der Waals surface area contributed by atoms with Crippen LogP contribution in [0.3, 0.4) is 0 Å². The highest BCUT2D eigenvalue weighted by atomic mass is 19.4. The van der Waals surface area contributed by atoms with Crippen LogP contribution in [-0.2, 0) is 4.79 Å². The van der Waals surface area contributed by atoms with Crippen LogP contribution in [-0.4, -0.2) is 39.9 Å². The van der Waals surface area contributed by atoms with E-state index in [1.165, 1.54) is 48.5 Å². The van der Waals surface area contributed by atoms with Gasteiger partial charge in [-0.05, 0) is 54.6 Å². The molecule has 0 bridgehead atoms. The Balaban J connectivity index is 1.67. The maximum absolute atomic E-state index is 13.6. The summed E-state index contributed by atoms with van der Waals surface area (Å²) in [5, 5.41) is 21.9. The Bertz CT molecular complexity index is 1350. The molecular weight excluding hydrogens is 457 g/mol. The van der Waals surface area contributed by atoms with Crippen molar-refractivity contribution in [1.82, 2.24) is 0 Å². The molecule has 172 valence electrons. The van der Waals surface area contributed by atoms with Gasteiger partial charge in [-0.25, -0.2) is 9.59 Å². The van der Waals surface area contributed by atoms with E-state index in [0.717, 1.165) is 18.2 Å². The van der Waals surface area contributed by atoms with Crippen molar-refractivity contribution in [3.05, 3.63) is 83.1 Å². The molecule has 4 rings (SSSR count). The maximum Gasteiger partial charge on any atom is 0.435 e. The van der Waals surface area contributed by atoms with Crippen LogP contribution in [0.15, 0.2) is 75.8 Å². The summed E-state index contributed by atoms with van der Waals surface area (Å²) in [6.07, 6.45) is -4.03. The van der Waals surface area contributed by atoms with E-state index in [4.69, 9.17) is 14.6 Å². The average Bonchev–Trinajstić information content (AvgIpc) is 3.39. The number of benzene rings is 2. The monoisotopic (exact) mass is 470 g/mol. The number of carboxylic acid groups (broad SMARTS) is 2. The number of hydrazone groups is 1. The molecule has 1 aliphatic rings. The van der Waals surface area contributed by atoms with Crippen molar-refractivity contribution in [2.75, 3.05) is 5.01 Å². The smallest absolute Gasteiger partial charge is 0.435 e. The number of carboxylic acids is 2. The summed E-state index contributed by atoms with van der Waals surface area (Å²) in [5.41, 5.74) is -1.79. The fourth-order valence-electron chi connectivity index (χ4n) is 3.18. The first-order chi connectivity index (χ1) is 16.0. The lowest BCUT2D eigenvalue weighted by Gasteiger charge is -2.11. The second kappa shape index (κ2) is 8.35. The highest BCUT2D eigenvalue weighted by Crippen LogP contribution is 2.33. The van der Waals surface area contributed by atoms with Crippen LogP contribution < -0.4 is 5.01 Å². The predicted octanol–water partition coefficient (Wildman–Crippen LogP) is 4.69. The van der Waals surface area contributed by atoms with E-state index in [0.29, 0.717) is 10.6 Å². The van der Waals surface area contributed by atoms with Crippen LogP contribution in [0.25, 0.3) is 17.4 Å². The third kappa shape index (κ3) is 4.31. The van der Waals surface area contributed by atoms with Crippen molar-refractivity contribution in [2.45, 2.75) is 6.18 Å². The van der Waals surface area contributed by atoms with Crippen LogP contribution in [0, 0.1) is 0 Å². The summed E-state index contributed by atoms with van der Waals surface area (Å²) in [7, 11) is 0. The van der Waals surface area contributed by atoms with E-state index in [2.05, 4.69) is 5.10 Å². The first kappa shape index (κ1) is 22.5. The predicted molar refractivity (Wildman–Crippen MR) is 113 cm³/mol. The topological polar surface area (TPSA) is 120 Å². The number of aromatic carboxylic acids is 2. The summed E-state index contributed by atoms with van der Waals surface area (Å²) < 4.78 is 46.4. The first-order valence-electron chi connectivity index (χ1n) is 9.54. The molecule has 1 aromatic heterocycles. The van der Waals surface area contributed by atoms with Crippen LogP contribution in [0.5, 0.6) is 0 Å². The molecule has 2 N–H and O–H groups in total. The fourth-order valence-corrected chi connectivity index (χ4v) is 3.18. The molecule has 0 fully saturated rings. The number of anilines is 1. The molecule has 0 spiro atoms. The zero-order chi connectivity index (χ0) is 24.6. The van der Waals surface area contributed by atoms with Crippen LogP contribution in [0.2, 0.25) is 0 Å². The first-order valence-corrected chi connectivity index (χ1v) is 9.54. The molecule has 34 heavy (non-hydrogen) atoms. The third-order valence-electron chi connectivity index (χ3n) is 4.83. The van der Waals surface area contributed by atoms with Crippen LogP contribution in [0.4, 0.5) is 18.9 Å². The summed E-state index contributed by atoms with van der Waals surface area (Å²) >= 11 is 0. The van der Waals surface area contributed by atoms with Gasteiger partial charge in [0.05, 0.1) is 22.4 Å². The highest BCUT2D eigenvalue weighted by Gasteiger charge is 2.47. The molecular formula is C23H13F3N2O6. The second-order valence-electron chi connectivity index (χ2n) is 7.06. The largest absolute Gasteiger partial charge is 0.478 e. The number of amides is 1. The Morgan fingerprint density at radius 3 is 1.97 bits per heavy atom. The van der Waals surface area contributed by atoms with E-state index < -0.39 is 35.3 Å². The zero-order valence-corrected chi connectivity index (χ0v) is 16.9. The fraction of sp³-hybridized carbons (Fsp3) is 0.0435. The van der Waals surface area contributed by atoms with Gasteiger partial charge in [-0.1, -0.05) is 12.1 Å². The van der Waals surface area contributed by atoms with Gasteiger partial charge in [0.1, 0.15) is 11.5 Å². The minimum absolute atomic E-state index is 0.0428. The van der Waals surface area contributed by atoms with Gasteiger partial charge in [0.25, 0.3) is 5.91 Å². The van der Waals surface area contributed by atoms with E-state index in [9.17, 15) is 27.6 Å². The lowest BCUT2D eigenvalue weighted by molar-refractivity contribution is -0.114. The number of halogens is 3. The molecule has 1 aliphatic heterocycles. The van der Waals surface area contributed by atoms with Gasteiger partial charge in [-0.3, -0.25) is 4.79 Å². The highest BCUT2D eigenvalue weighted by molar-refractivity contribution is 6.34. The van der Waals surface area contributed by atoms with Gasteiger partial charge in [0.15, 0.2) is 5.71 Å². The third-order valence-corrected chi connectivity index (χ3v) is 4.83. The summed E-state index contributed by atoms with van der Waals surface area (Å²) in [6, 6.07) is 13.1. The number of hydrogen-bond acceptors (Lipinski definition) is 5. The number of carbonyl (C=O) groups is 3. The van der Waals surface area contributed by atoms with Crippen molar-refractivity contribution in [2.24, 2.45) is 5.10 Å². The number of carbonyl (C=O) groups excluding carboxylic acids is 1. The Labute approximate surface area is 188 Å². The molecule has 0 atom stereocenters. The molecule has 8 nitrogen and oxygen atoms in total. The van der Waals surface area contributed by atoms with Crippen molar-refractivity contribution >= 4 is 35.3 Å². The number of hydrogen-bond donors (Lipinski definition) is 2. The molecule has 0 saturated heterocycles. The van der Waals surface area contributed by atoms with Gasteiger partial charge in [-0.15, -0.1) is 0 Å². The zero-order valence-electron chi connectivity index (χ0n) is 16.9. The maximum atomic E-state index is 13.6. The molecule has 2 aromatic carbocycles. The van der Waals surface area contributed by atoms with Crippen molar-refractivity contribution in [3.63, 3.8) is 0 Å². The lowest BCUT2D eigenvalue weighted by atomic mass is 10.1. The lowest BCUT2D eigenvalue weighted by Crippen LogP contribution is -2.25. The second-order valence-corrected chi connectivity index (χ2v) is 7.06. The number of rotatable bonds is 5. The molecule has 11 heteroatoms. The summed E-state index contributed by atoms with van der Waals surface area (Å²) in [4.78, 5) is 34.7. The van der Waals surface area contributed by atoms with Gasteiger partial charge < -0.3 is 14.6 Å². The minimum atomic E-state index is -4.95. The van der Waals surface area contributed by atoms with Crippen molar-refractivity contribution < 1.29 is 42.2 Å². The molecule has 0 unspecified atom stereocenters. The van der Waals surface area contributed by atoms with Gasteiger partial charge in [0, 0.05) is 5.56 Å². The number of furan rings is 1. The SMILES string of the molecule is O=C(O)c1ccc(-c2ccc(/C=C3\C(=O)N(c4ccc(C(=O)O)cc4)N=C3C(F)(F)F)o2)cc1. The summed E-state index contributed by atoms with van der Waals surface area (Å²) in [6.45, 7) is 0.